The smallest absolute Gasteiger partial charge is 0.337 e. The fraction of sp³-hybridized carbons (Fsp3) is 0.222. The van der Waals surface area contributed by atoms with E-state index in [1.54, 1.807) is 43.3 Å². The summed E-state index contributed by atoms with van der Waals surface area (Å²) in [5.74, 6) is -0.827. The Morgan fingerprint density at radius 1 is 1.12 bits per heavy atom. The zero-order valence-corrected chi connectivity index (χ0v) is 15.0. The van der Waals surface area contributed by atoms with Crippen molar-refractivity contribution in [1.82, 2.24) is 0 Å². The molecule has 1 atom stereocenters. The minimum Gasteiger partial charge on any atom is -0.465 e. The van der Waals surface area contributed by atoms with Gasteiger partial charge in [-0.25, -0.2) is 4.79 Å². The summed E-state index contributed by atoms with van der Waals surface area (Å²) in [6, 6.07) is 12.6. The maximum atomic E-state index is 12.1. The molecule has 0 unspecified atom stereocenters. The number of esters is 2. The van der Waals surface area contributed by atoms with E-state index in [0.29, 0.717) is 5.56 Å². The third-order valence-electron chi connectivity index (χ3n) is 3.45. The van der Waals surface area contributed by atoms with E-state index in [4.69, 9.17) is 4.74 Å². The third kappa shape index (κ3) is 5.32. The molecule has 0 aliphatic carbocycles. The van der Waals surface area contributed by atoms with Crippen molar-refractivity contribution in [3.63, 3.8) is 0 Å². The number of nitro benzene ring substituents is 1. The first-order valence-corrected chi connectivity index (χ1v) is 8.53. The van der Waals surface area contributed by atoms with Gasteiger partial charge in [-0.1, -0.05) is 12.1 Å². The van der Waals surface area contributed by atoms with E-state index >= 15 is 0 Å². The Hall–Kier alpha value is -2.87. The Bertz CT molecular complexity index is 788. The van der Waals surface area contributed by atoms with Crippen LogP contribution in [0.1, 0.15) is 22.8 Å². The maximum Gasteiger partial charge on any atom is 0.337 e. The number of rotatable bonds is 7. The summed E-state index contributed by atoms with van der Waals surface area (Å²) in [6.07, 6.45) is 0. The van der Waals surface area contributed by atoms with Crippen LogP contribution in [0.15, 0.2) is 53.4 Å². The predicted octanol–water partition coefficient (Wildman–Crippen LogP) is 3.61. The molecule has 0 saturated heterocycles. The highest BCUT2D eigenvalue weighted by molar-refractivity contribution is 8.00. The molecule has 0 aromatic heterocycles. The van der Waals surface area contributed by atoms with E-state index < -0.39 is 22.1 Å². The standard InChI is InChI=1S/C18H17NO6S/c1-12(26-16-9-7-15(8-10-16)19(22)23)17(20)25-11-13-3-5-14(6-4-13)18(21)24-2/h3-10,12H,11H2,1-2H3/t12-/m1/s1. The van der Waals surface area contributed by atoms with Crippen LogP contribution in [0.5, 0.6) is 0 Å². The van der Waals surface area contributed by atoms with E-state index in [9.17, 15) is 19.7 Å². The van der Waals surface area contributed by atoms with E-state index in [1.807, 2.05) is 0 Å². The molecule has 0 heterocycles. The van der Waals surface area contributed by atoms with Crippen molar-refractivity contribution in [3.8, 4) is 0 Å². The largest absolute Gasteiger partial charge is 0.465 e. The number of hydrogen-bond donors (Lipinski definition) is 0. The summed E-state index contributed by atoms with van der Waals surface area (Å²) >= 11 is 1.26. The SMILES string of the molecule is COC(=O)c1ccc(COC(=O)[C@@H](C)Sc2ccc([N+](=O)[O-])cc2)cc1. The van der Waals surface area contributed by atoms with Gasteiger partial charge in [0.25, 0.3) is 5.69 Å². The summed E-state index contributed by atoms with van der Waals surface area (Å²) in [5, 5.41) is 10.2. The highest BCUT2D eigenvalue weighted by atomic mass is 32.2. The van der Waals surface area contributed by atoms with Gasteiger partial charge in [0, 0.05) is 17.0 Å². The number of thioether (sulfide) groups is 1. The van der Waals surface area contributed by atoms with Crippen LogP contribution in [0, 0.1) is 10.1 Å². The zero-order valence-electron chi connectivity index (χ0n) is 14.2. The van der Waals surface area contributed by atoms with Crippen LogP contribution in [-0.4, -0.2) is 29.2 Å². The molecule has 136 valence electrons. The molecule has 0 saturated carbocycles. The van der Waals surface area contributed by atoms with Crippen LogP contribution in [0.4, 0.5) is 5.69 Å². The Kier molecular flexibility index (Phi) is 6.74. The number of carbonyl (C=O) groups is 2. The highest BCUT2D eigenvalue weighted by Gasteiger charge is 2.17. The molecule has 0 aliphatic heterocycles. The Morgan fingerprint density at radius 2 is 1.73 bits per heavy atom. The Labute approximate surface area is 154 Å². The zero-order chi connectivity index (χ0) is 19.1. The predicted molar refractivity (Wildman–Crippen MR) is 96.0 cm³/mol. The number of nitro groups is 1. The van der Waals surface area contributed by atoms with Crippen molar-refractivity contribution in [2.75, 3.05) is 7.11 Å². The number of hydrogen-bond acceptors (Lipinski definition) is 7. The summed E-state index contributed by atoms with van der Waals surface area (Å²) in [6.45, 7) is 1.79. The van der Waals surface area contributed by atoms with Crippen LogP contribution in [0.2, 0.25) is 0 Å². The van der Waals surface area contributed by atoms with Crippen molar-refractivity contribution < 1.29 is 24.0 Å². The first-order valence-electron chi connectivity index (χ1n) is 7.65. The first-order chi connectivity index (χ1) is 12.4. The van der Waals surface area contributed by atoms with Gasteiger partial charge in [0.1, 0.15) is 11.9 Å². The number of non-ortho nitro benzene ring substituents is 1. The van der Waals surface area contributed by atoms with Crippen molar-refractivity contribution in [2.45, 2.75) is 23.7 Å². The quantitative estimate of drug-likeness (QED) is 0.316. The van der Waals surface area contributed by atoms with Gasteiger partial charge in [0.2, 0.25) is 0 Å². The topological polar surface area (TPSA) is 95.7 Å². The van der Waals surface area contributed by atoms with Gasteiger partial charge in [-0.05, 0) is 36.8 Å². The molecule has 2 rings (SSSR count). The lowest BCUT2D eigenvalue weighted by molar-refractivity contribution is -0.384. The van der Waals surface area contributed by atoms with Crippen LogP contribution in [0.3, 0.4) is 0 Å². The Balaban J connectivity index is 1.86. The van der Waals surface area contributed by atoms with Crippen LogP contribution < -0.4 is 0 Å². The van der Waals surface area contributed by atoms with Crippen molar-refractivity contribution in [1.29, 1.82) is 0 Å². The van der Waals surface area contributed by atoms with E-state index in [0.717, 1.165) is 10.5 Å². The lowest BCUT2D eigenvalue weighted by Gasteiger charge is -2.11. The molecule has 0 aliphatic rings. The van der Waals surface area contributed by atoms with Gasteiger partial charge in [0.05, 0.1) is 17.6 Å². The summed E-state index contributed by atoms with van der Waals surface area (Å²) in [5.41, 5.74) is 1.17. The second kappa shape index (κ2) is 9.00. The molecule has 2 aromatic carbocycles. The summed E-state index contributed by atoms with van der Waals surface area (Å²) < 4.78 is 9.88. The van der Waals surface area contributed by atoms with Gasteiger partial charge < -0.3 is 9.47 Å². The fourth-order valence-electron chi connectivity index (χ4n) is 2.03. The average Bonchev–Trinajstić information content (AvgIpc) is 2.66. The number of benzene rings is 2. The third-order valence-corrected chi connectivity index (χ3v) is 4.54. The molecule has 0 fully saturated rings. The second-order valence-corrected chi connectivity index (χ2v) is 6.72. The molecule has 0 N–H and O–H groups in total. The molecule has 0 spiro atoms. The molecule has 8 heteroatoms. The summed E-state index contributed by atoms with van der Waals surface area (Å²) in [4.78, 5) is 34.4. The molecule has 0 bridgehead atoms. The van der Waals surface area contributed by atoms with Gasteiger partial charge in [-0.3, -0.25) is 14.9 Å². The van der Waals surface area contributed by atoms with Crippen molar-refractivity contribution in [3.05, 3.63) is 69.8 Å². The van der Waals surface area contributed by atoms with Crippen LogP contribution >= 0.6 is 11.8 Å². The number of carbonyl (C=O) groups excluding carboxylic acids is 2. The van der Waals surface area contributed by atoms with Crippen molar-refractivity contribution >= 4 is 29.4 Å². The minimum absolute atomic E-state index is 0.0000175. The molecule has 0 amide bonds. The molecule has 26 heavy (non-hydrogen) atoms. The number of ether oxygens (including phenoxy) is 2. The summed E-state index contributed by atoms with van der Waals surface area (Å²) in [7, 11) is 1.31. The van der Waals surface area contributed by atoms with E-state index in [-0.39, 0.29) is 12.3 Å². The van der Waals surface area contributed by atoms with E-state index in [2.05, 4.69) is 4.74 Å². The van der Waals surface area contributed by atoms with Crippen molar-refractivity contribution in [2.24, 2.45) is 0 Å². The highest BCUT2D eigenvalue weighted by Crippen LogP contribution is 2.26. The minimum atomic E-state index is -0.475. The molecule has 2 aromatic rings. The van der Waals surface area contributed by atoms with E-state index in [1.165, 1.54) is 31.0 Å². The van der Waals surface area contributed by atoms with Gasteiger partial charge in [-0.2, -0.15) is 0 Å². The average molecular weight is 375 g/mol. The fourth-order valence-corrected chi connectivity index (χ4v) is 2.89. The van der Waals surface area contributed by atoms with Gasteiger partial charge in [-0.15, -0.1) is 11.8 Å². The lowest BCUT2D eigenvalue weighted by Crippen LogP contribution is -2.16. The molecule has 0 radical (unpaired) electrons. The lowest BCUT2D eigenvalue weighted by atomic mass is 10.1. The number of nitrogens with zero attached hydrogens (tertiary/aromatic N) is 1. The molecule has 7 nitrogen and oxygen atoms in total. The second-order valence-electron chi connectivity index (χ2n) is 5.31. The first kappa shape index (κ1) is 19.5. The van der Waals surface area contributed by atoms with Crippen LogP contribution in [0.25, 0.3) is 0 Å². The Morgan fingerprint density at radius 3 is 2.27 bits per heavy atom. The molecular weight excluding hydrogens is 358 g/mol. The number of methoxy groups -OCH3 is 1. The maximum absolute atomic E-state index is 12.1. The normalized spacial score (nSPS) is 11.5. The molecular formula is C18H17NO6S. The van der Waals surface area contributed by atoms with Gasteiger partial charge in [0.15, 0.2) is 0 Å². The monoisotopic (exact) mass is 375 g/mol. The van der Waals surface area contributed by atoms with Crippen LogP contribution in [-0.2, 0) is 20.9 Å². The van der Waals surface area contributed by atoms with Gasteiger partial charge >= 0.3 is 11.9 Å².